The lowest BCUT2D eigenvalue weighted by molar-refractivity contribution is 0.102. The molecule has 7 nitrogen and oxygen atoms in total. The molecular formula is C21H23N3O4S. The maximum absolute atomic E-state index is 12.6. The van der Waals surface area contributed by atoms with Crippen LogP contribution in [0.2, 0.25) is 0 Å². The van der Waals surface area contributed by atoms with Crippen LogP contribution in [0.1, 0.15) is 36.7 Å². The quantitative estimate of drug-likeness (QED) is 0.644. The van der Waals surface area contributed by atoms with E-state index in [0.29, 0.717) is 22.8 Å². The van der Waals surface area contributed by atoms with Gasteiger partial charge in [-0.1, -0.05) is 0 Å². The van der Waals surface area contributed by atoms with Gasteiger partial charge in [-0.25, -0.2) is 13.4 Å². The van der Waals surface area contributed by atoms with Crippen LogP contribution < -0.4 is 10.0 Å². The van der Waals surface area contributed by atoms with Gasteiger partial charge in [0, 0.05) is 22.5 Å². The highest BCUT2D eigenvalue weighted by atomic mass is 32.2. The fraction of sp³-hybridized carbons (Fsp3) is 0.238. The molecule has 1 heterocycles. The summed E-state index contributed by atoms with van der Waals surface area (Å²) in [6.07, 6.45) is 3.08. The smallest absolute Gasteiger partial charge is 0.255 e. The highest BCUT2D eigenvalue weighted by molar-refractivity contribution is 7.94. The van der Waals surface area contributed by atoms with Gasteiger partial charge in [0.1, 0.15) is 6.26 Å². The van der Waals surface area contributed by atoms with E-state index in [1.807, 2.05) is 19.1 Å². The SMILES string of the molecule is Cc1cc(-c2ncco2)ccc1NC(=O)c1ccc(NS(=O)(=O)C(C)(C)C)cc1. The highest BCUT2D eigenvalue weighted by Crippen LogP contribution is 2.24. The number of carbonyl (C=O) groups is 1. The first-order chi connectivity index (χ1) is 13.6. The summed E-state index contributed by atoms with van der Waals surface area (Å²) in [4.78, 5) is 16.7. The first-order valence-corrected chi connectivity index (χ1v) is 10.5. The van der Waals surface area contributed by atoms with Crippen LogP contribution in [0.3, 0.4) is 0 Å². The Bertz CT molecular complexity index is 1110. The fourth-order valence-electron chi connectivity index (χ4n) is 2.50. The second kappa shape index (κ2) is 7.71. The van der Waals surface area contributed by atoms with Crippen molar-refractivity contribution in [3.05, 3.63) is 66.1 Å². The van der Waals surface area contributed by atoms with Crippen LogP contribution in [0.4, 0.5) is 11.4 Å². The molecule has 3 aromatic rings. The summed E-state index contributed by atoms with van der Waals surface area (Å²) in [5, 5.41) is 2.86. The summed E-state index contributed by atoms with van der Waals surface area (Å²) in [7, 11) is -3.52. The molecule has 0 spiro atoms. The van der Waals surface area contributed by atoms with Crippen molar-refractivity contribution in [3.8, 4) is 11.5 Å². The van der Waals surface area contributed by atoms with Crippen LogP contribution in [0, 0.1) is 6.92 Å². The Hall–Kier alpha value is -3.13. The molecule has 1 amide bonds. The summed E-state index contributed by atoms with van der Waals surface area (Å²) < 4.78 is 31.3. The maximum atomic E-state index is 12.6. The number of nitrogens with one attached hydrogen (secondary N) is 2. The van der Waals surface area contributed by atoms with Crippen molar-refractivity contribution in [1.82, 2.24) is 4.98 Å². The van der Waals surface area contributed by atoms with E-state index in [4.69, 9.17) is 4.42 Å². The van der Waals surface area contributed by atoms with Gasteiger partial charge in [-0.3, -0.25) is 9.52 Å². The van der Waals surface area contributed by atoms with Crippen LogP contribution >= 0.6 is 0 Å². The molecule has 8 heteroatoms. The summed E-state index contributed by atoms with van der Waals surface area (Å²) in [5.74, 6) is 0.224. The van der Waals surface area contributed by atoms with Gasteiger partial charge in [-0.05, 0) is 75.7 Å². The molecule has 152 valence electrons. The van der Waals surface area contributed by atoms with E-state index in [2.05, 4.69) is 15.0 Å². The first kappa shape index (κ1) is 20.6. The molecule has 0 aliphatic rings. The van der Waals surface area contributed by atoms with E-state index in [1.54, 1.807) is 57.3 Å². The number of nitrogens with zero attached hydrogens (tertiary/aromatic N) is 1. The molecule has 29 heavy (non-hydrogen) atoms. The van der Waals surface area contributed by atoms with E-state index >= 15 is 0 Å². The zero-order valence-corrected chi connectivity index (χ0v) is 17.5. The summed E-state index contributed by atoms with van der Waals surface area (Å²) in [6, 6.07) is 11.8. The molecule has 2 N–H and O–H groups in total. The standard InChI is InChI=1S/C21H23N3O4S/c1-14-13-16(20-22-11-12-28-20)7-10-18(14)23-19(25)15-5-8-17(9-6-15)24-29(26,27)21(2,3)4/h5-13,24H,1-4H3,(H,23,25). The predicted molar refractivity (Wildman–Crippen MR) is 113 cm³/mol. The van der Waals surface area contributed by atoms with Crippen molar-refractivity contribution < 1.29 is 17.6 Å². The molecule has 0 bridgehead atoms. The molecule has 0 unspecified atom stereocenters. The number of aromatic nitrogens is 1. The number of aryl methyl sites for hydroxylation is 1. The maximum Gasteiger partial charge on any atom is 0.255 e. The number of hydrogen-bond donors (Lipinski definition) is 2. The van der Waals surface area contributed by atoms with Crippen LogP contribution in [-0.2, 0) is 10.0 Å². The molecular weight excluding hydrogens is 390 g/mol. The second-order valence-electron chi connectivity index (χ2n) is 7.62. The highest BCUT2D eigenvalue weighted by Gasteiger charge is 2.28. The van der Waals surface area contributed by atoms with Gasteiger partial charge in [0.15, 0.2) is 0 Å². The molecule has 0 fully saturated rings. The summed E-state index contributed by atoms with van der Waals surface area (Å²) in [5.41, 5.74) is 3.18. The number of hydrogen-bond acceptors (Lipinski definition) is 5. The average Bonchev–Trinajstić information content (AvgIpc) is 3.17. The zero-order valence-electron chi connectivity index (χ0n) is 16.7. The minimum atomic E-state index is -3.52. The number of anilines is 2. The number of benzene rings is 2. The van der Waals surface area contributed by atoms with Crippen LogP contribution in [0.25, 0.3) is 11.5 Å². The minimum absolute atomic E-state index is 0.290. The number of sulfonamides is 1. The van der Waals surface area contributed by atoms with Crippen LogP contribution in [-0.4, -0.2) is 24.1 Å². The molecule has 0 aliphatic heterocycles. The van der Waals surface area contributed by atoms with E-state index < -0.39 is 14.8 Å². The van der Waals surface area contributed by atoms with Gasteiger partial charge in [-0.2, -0.15) is 0 Å². The van der Waals surface area contributed by atoms with Gasteiger partial charge in [-0.15, -0.1) is 0 Å². The second-order valence-corrected chi connectivity index (χ2v) is 10.1. The van der Waals surface area contributed by atoms with Crippen molar-refractivity contribution in [2.75, 3.05) is 10.0 Å². The van der Waals surface area contributed by atoms with E-state index in [9.17, 15) is 13.2 Å². The van der Waals surface area contributed by atoms with Gasteiger partial charge in [0.25, 0.3) is 5.91 Å². The molecule has 0 radical (unpaired) electrons. The van der Waals surface area contributed by atoms with Gasteiger partial charge < -0.3 is 9.73 Å². The number of rotatable bonds is 5. The van der Waals surface area contributed by atoms with Crippen molar-refractivity contribution in [3.63, 3.8) is 0 Å². The molecule has 2 aromatic carbocycles. The van der Waals surface area contributed by atoms with Crippen molar-refractivity contribution >= 4 is 27.3 Å². The van der Waals surface area contributed by atoms with E-state index in [0.717, 1.165) is 11.1 Å². The average molecular weight is 413 g/mol. The Morgan fingerprint density at radius 3 is 2.31 bits per heavy atom. The minimum Gasteiger partial charge on any atom is -0.445 e. The van der Waals surface area contributed by atoms with Gasteiger partial charge in [0.05, 0.1) is 10.9 Å². The molecule has 0 atom stereocenters. The summed E-state index contributed by atoms with van der Waals surface area (Å²) in [6.45, 7) is 6.73. The van der Waals surface area contributed by atoms with Crippen LogP contribution in [0.15, 0.2) is 59.3 Å². The molecule has 3 rings (SSSR count). The Balaban J connectivity index is 1.71. The topological polar surface area (TPSA) is 101 Å². The number of amides is 1. The Morgan fingerprint density at radius 1 is 1.07 bits per heavy atom. The van der Waals surface area contributed by atoms with Gasteiger partial charge >= 0.3 is 0 Å². The lowest BCUT2D eigenvalue weighted by Crippen LogP contribution is -2.33. The molecule has 0 saturated heterocycles. The Kier molecular flexibility index (Phi) is 5.48. The third-order valence-corrected chi connectivity index (χ3v) is 6.48. The van der Waals surface area contributed by atoms with Crippen LogP contribution in [0.5, 0.6) is 0 Å². The van der Waals surface area contributed by atoms with Gasteiger partial charge in [0.2, 0.25) is 15.9 Å². The first-order valence-electron chi connectivity index (χ1n) is 9.01. The largest absolute Gasteiger partial charge is 0.445 e. The zero-order chi connectivity index (χ0) is 21.2. The lowest BCUT2D eigenvalue weighted by atomic mass is 10.1. The van der Waals surface area contributed by atoms with Crippen molar-refractivity contribution in [1.29, 1.82) is 0 Å². The number of carbonyl (C=O) groups excluding carboxylic acids is 1. The molecule has 1 aromatic heterocycles. The lowest BCUT2D eigenvalue weighted by Gasteiger charge is -2.20. The van der Waals surface area contributed by atoms with Crippen molar-refractivity contribution in [2.45, 2.75) is 32.4 Å². The third-order valence-electron chi connectivity index (χ3n) is 4.36. The fourth-order valence-corrected chi connectivity index (χ4v) is 3.25. The number of oxazole rings is 1. The summed E-state index contributed by atoms with van der Waals surface area (Å²) >= 11 is 0. The molecule has 0 aliphatic carbocycles. The van der Waals surface area contributed by atoms with Crippen molar-refractivity contribution in [2.24, 2.45) is 0 Å². The van der Waals surface area contributed by atoms with E-state index in [-0.39, 0.29) is 5.91 Å². The molecule has 0 saturated carbocycles. The monoisotopic (exact) mass is 413 g/mol. The normalized spacial score (nSPS) is 11.9. The Labute approximate surface area is 170 Å². The Morgan fingerprint density at radius 2 is 1.76 bits per heavy atom. The predicted octanol–water partition coefficient (Wildman–Crippen LogP) is 4.44. The van der Waals surface area contributed by atoms with E-state index in [1.165, 1.54) is 6.26 Å². The third kappa shape index (κ3) is 4.65.